The van der Waals surface area contributed by atoms with Crippen LogP contribution in [0.4, 0.5) is 0 Å². The molecule has 19 heavy (non-hydrogen) atoms. The molecule has 0 saturated carbocycles. The van der Waals surface area contributed by atoms with Crippen LogP contribution in [-0.2, 0) is 6.54 Å². The molecule has 0 atom stereocenters. The molecule has 1 rings (SSSR count). The van der Waals surface area contributed by atoms with Crippen LogP contribution in [0, 0.1) is 13.8 Å². The Hall–Kier alpha value is -1.26. The lowest BCUT2D eigenvalue weighted by molar-refractivity contribution is 0.391. The molecule has 1 aromatic carbocycles. The Morgan fingerprint density at radius 2 is 1.84 bits per heavy atom. The third-order valence-electron chi connectivity index (χ3n) is 3.42. The summed E-state index contributed by atoms with van der Waals surface area (Å²) in [6, 6.07) is 2.05. The molecule has 4 heteroatoms. The van der Waals surface area contributed by atoms with Crippen LogP contribution in [0.5, 0.6) is 11.5 Å². The average molecular weight is 266 g/mol. The first-order chi connectivity index (χ1) is 9.15. The smallest absolute Gasteiger partial charge is 0.126 e. The van der Waals surface area contributed by atoms with Gasteiger partial charge in [0, 0.05) is 12.1 Å². The zero-order chi connectivity index (χ0) is 14.3. The number of nitrogens with one attached hydrogen (secondary N) is 1. The molecule has 0 spiro atoms. The Morgan fingerprint density at radius 3 is 2.42 bits per heavy atom. The fourth-order valence-electron chi connectivity index (χ4n) is 2.17. The van der Waals surface area contributed by atoms with Crippen molar-refractivity contribution in [3.63, 3.8) is 0 Å². The van der Waals surface area contributed by atoms with E-state index in [9.17, 15) is 0 Å². The van der Waals surface area contributed by atoms with E-state index >= 15 is 0 Å². The first-order valence-corrected chi connectivity index (χ1v) is 6.77. The number of hydrogen-bond acceptors (Lipinski definition) is 4. The molecule has 0 bridgehead atoms. The maximum Gasteiger partial charge on any atom is 0.126 e. The molecule has 4 nitrogen and oxygen atoms in total. The molecule has 0 unspecified atom stereocenters. The second-order valence-electron chi connectivity index (χ2n) is 4.69. The highest BCUT2D eigenvalue weighted by Crippen LogP contribution is 2.33. The van der Waals surface area contributed by atoms with Crippen molar-refractivity contribution in [1.29, 1.82) is 0 Å². The number of benzene rings is 1. The van der Waals surface area contributed by atoms with Gasteiger partial charge in [-0.1, -0.05) is 0 Å². The monoisotopic (exact) mass is 266 g/mol. The van der Waals surface area contributed by atoms with Gasteiger partial charge in [0.1, 0.15) is 11.5 Å². The van der Waals surface area contributed by atoms with E-state index in [1.165, 1.54) is 0 Å². The molecule has 108 valence electrons. The lowest BCUT2D eigenvalue weighted by atomic mass is 10.0. The van der Waals surface area contributed by atoms with E-state index in [1.54, 1.807) is 14.2 Å². The fourth-order valence-corrected chi connectivity index (χ4v) is 2.17. The van der Waals surface area contributed by atoms with Crippen LogP contribution in [0.25, 0.3) is 0 Å². The summed E-state index contributed by atoms with van der Waals surface area (Å²) in [6.07, 6.45) is 2.15. The molecule has 1 aromatic rings. The van der Waals surface area contributed by atoms with Crippen molar-refractivity contribution in [2.45, 2.75) is 33.2 Å². The summed E-state index contributed by atoms with van der Waals surface area (Å²) in [7, 11) is 3.42. The Morgan fingerprint density at radius 1 is 1.11 bits per heavy atom. The lowest BCUT2D eigenvalue weighted by Gasteiger charge is -2.17. The first kappa shape index (κ1) is 15.8. The Kier molecular flexibility index (Phi) is 6.67. The number of ether oxygens (including phenoxy) is 2. The van der Waals surface area contributed by atoms with Gasteiger partial charge >= 0.3 is 0 Å². The van der Waals surface area contributed by atoms with Crippen molar-refractivity contribution < 1.29 is 9.47 Å². The summed E-state index contributed by atoms with van der Waals surface area (Å²) in [6.45, 7) is 6.62. The molecule has 3 N–H and O–H groups in total. The van der Waals surface area contributed by atoms with Gasteiger partial charge in [-0.05, 0) is 57.0 Å². The van der Waals surface area contributed by atoms with Crippen LogP contribution in [0.15, 0.2) is 6.07 Å². The van der Waals surface area contributed by atoms with E-state index < -0.39 is 0 Å². The zero-order valence-corrected chi connectivity index (χ0v) is 12.5. The molecule has 0 heterocycles. The number of methoxy groups -OCH3 is 2. The standard InChI is InChI=1S/C15H26N2O2/c1-11-12(2)15(19-4)13(9-14(11)18-3)10-17-8-6-5-7-16/h9,17H,5-8,10,16H2,1-4H3. The van der Waals surface area contributed by atoms with Crippen molar-refractivity contribution >= 4 is 0 Å². The van der Waals surface area contributed by atoms with Gasteiger partial charge < -0.3 is 20.5 Å². The fraction of sp³-hybridized carbons (Fsp3) is 0.600. The molecule has 0 saturated heterocycles. The van der Waals surface area contributed by atoms with Gasteiger partial charge in [-0.25, -0.2) is 0 Å². The first-order valence-electron chi connectivity index (χ1n) is 6.77. The lowest BCUT2D eigenvalue weighted by Crippen LogP contribution is -2.17. The Balaban J connectivity index is 2.78. The zero-order valence-electron chi connectivity index (χ0n) is 12.5. The summed E-state index contributed by atoms with van der Waals surface area (Å²) in [5.74, 6) is 1.86. The molecule has 0 fully saturated rings. The number of unbranched alkanes of at least 4 members (excludes halogenated alkanes) is 1. The summed E-state index contributed by atoms with van der Waals surface area (Å²) < 4.78 is 10.9. The van der Waals surface area contributed by atoms with Gasteiger partial charge in [-0.2, -0.15) is 0 Å². The van der Waals surface area contributed by atoms with Crippen LogP contribution < -0.4 is 20.5 Å². The van der Waals surface area contributed by atoms with Gasteiger partial charge in [-0.3, -0.25) is 0 Å². The molecular formula is C15H26N2O2. The highest BCUT2D eigenvalue weighted by Gasteiger charge is 2.13. The molecule has 0 aromatic heterocycles. The van der Waals surface area contributed by atoms with Crippen LogP contribution in [0.2, 0.25) is 0 Å². The second-order valence-corrected chi connectivity index (χ2v) is 4.69. The quantitative estimate of drug-likeness (QED) is 0.708. The predicted octanol–water partition coefficient (Wildman–Crippen LogP) is 2.15. The van der Waals surface area contributed by atoms with E-state index in [1.807, 2.05) is 0 Å². The van der Waals surface area contributed by atoms with Crippen molar-refractivity contribution in [1.82, 2.24) is 5.32 Å². The summed E-state index contributed by atoms with van der Waals surface area (Å²) in [5.41, 5.74) is 8.88. The van der Waals surface area contributed by atoms with Gasteiger partial charge in [0.15, 0.2) is 0 Å². The molecule has 0 amide bonds. The molecule has 0 aliphatic carbocycles. The van der Waals surface area contributed by atoms with Gasteiger partial charge in [0.2, 0.25) is 0 Å². The van der Waals surface area contributed by atoms with E-state index in [0.29, 0.717) is 0 Å². The van der Waals surface area contributed by atoms with Gasteiger partial charge in [-0.15, -0.1) is 0 Å². The van der Waals surface area contributed by atoms with Crippen molar-refractivity contribution in [2.75, 3.05) is 27.3 Å². The third kappa shape index (κ3) is 4.11. The number of nitrogens with two attached hydrogens (primary N) is 1. The summed E-state index contributed by atoms with van der Waals surface area (Å²) in [4.78, 5) is 0. The van der Waals surface area contributed by atoms with Crippen molar-refractivity contribution in [3.05, 3.63) is 22.8 Å². The van der Waals surface area contributed by atoms with Crippen LogP contribution >= 0.6 is 0 Å². The van der Waals surface area contributed by atoms with Crippen LogP contribution in [0.1, 0.15) is 29.5 Å². The number of hydrogen-bond donors (Lipinski definition) is 2. The normalized spacial score (nSPS) is 10.6. The van der Waals surface area contributed by atoms with Crippen molar-refractivity contribution in [2.24, 2.45) is 5.73 Å². The predicted molar refractivity (Wildman–Crippen MR) is 79.0 cm³/mol. The highest BCUT2D eigenvalue weighted by atomic mass is 16.5. The van der Waals surface area contributed by atoms with Crippen LogP contribution in [-0.4, -0.2) is 27.3 Å². The minimum Gasteiger partial charge on any atom is -0.496 e. The second kappa shape index (κ2) is 8.02. The minimum absolute atomic E-state index is 0.752. The third-order valence-corrected chi connectivity index (χ3v) is 3.42. The Labute approximate surface area is 116 Å². The van der Waals surface area contributed by atoms with Crippen molar-refractivity contribution in [3.8, 4) is 11.5 Å². The molecular weight excluding hydrogens is 240 g/mol. The topological polar surface area (TPSA) is 56.5 Å². The highest BCUT2D eigenvalue weighted by molar-refractivity contribution is 5.52. The maximum absolute atomic E-state index is 5.52. The summed E-state index contributed by atoms with van der Waals surface area (Å²) >= 11 is 0. The molecule has 0 radical (unpaired) electrons. The average Bonchev–Trinajstić information content (AvgIpc) is 2.42. The van der Waals surface area contributed by atoms with Gasteiger partial charge in [0.05, 0.1) is 14.2 Å². The number of rotatable bonds is 8. The molecule has 0 aliphatic rings. The van der Waals surface area contributed by atoms with E-state index in [-0.39, 0.29) is 0 Å². The SMILES string of the molecule is COc1cc(CNCCCCN)c(OC)c(C)c1C. The molecule has 0 aliphatic heterocycles. The Bertz CT molecular complexity index is 406. The summed E-state index contributed by atoms with van der Waals surface area (Å²) in [5, 5.41) is 3.42. The van der Waals surface area contributed by atoms with E-state index in [0.717, 1.165) is 60.7 Å². The van der Waals surface area contributed by atoms with E-state index in [4.69, 9.17) is 15.2 Å². The maximum atomic E-state index is 5.52. The minimum atomic E-state index is 0.752. The van der Waals surface area contributed by atoms with E-state index in [2.05, 4.69) is 25.2 Å². The van der Waals surface area contributed by atoms with Gasteiger partial charge in [0.25, 0.3) is 0 Å². The largest absolute Gasteiger partial charge is 0.496 e. The van der Waals surface area contributed by atoms with Crippen LogP contribution in [0.3, 0.4) is 0 Å².